The van der Waals surface area contributed by atoms with E-state index in [4.69, 9.17) is 4.74 Å². The summed E-state index contributed by atoms with van der Waals surface area (Å²) in [4.78, 5) is 12.6. The van der Waals surface area contributed by atoms with Gasteiger partial charge in [-0.05, 0) is 43.3 Å². The van der Waals surface area contributed by atoms with Crippen molar-refractivity contribution in [1.82, 2.24) is 4.57 Å². The molecule has 0 bridgehead atoms. The van der Waals surface area contributed by atoms with Crippen LogP contribution in [0.5, 0.6) is 5.75 Å². The number of hydrogen-bond donors (Lipinski definition) is 1. The monoisotopic (exact) mass is 371 g/mol. The van der Waals surface area contributed by atoms with E-state index in [0.29, 0.717) is 18.0 Å². The molecule has 0 saturated carbocycles. The van der Waals surface area contributed by atoms with Crippen molar-refractivity contribution in [2.45, 2.75) is 13.5 Å². The van der Waals surface area contributed by atoms with Gasteiger partial charge in [0.15, 0.2) is 0 Å². The van der Waals surface area contributed by atoms with Crippen molar-refractivity contribution in [2.75, 3.05) is 12.4 Å². The average Bonchev–Trinajstić information content (AvgIpc) is 2.98. The Balaban J connectivity index is 1.98. The van der Waals surface area contributed by atoms with Crippen molar-refractivity contribution in [2.24, 2.45) is 0 Å². The third-order valence-electron chi connectivity index (χ3n) is 4.59. The first-order chi connectivity index (χ1) is 13.6. The summed E-state index contributed by atoms with van der Waals surface area (Å²) in [5.41, 5.74) is 3.52. The van der Waals surface area contributed by atoms with Gasteiger partial charge in [-0.25, -0.2) is 0 Å². The minimum absolute atomic E-state index is 0.0421. The SMILES string of the molecule is C=CCn1c(C)c(C=C(C#N)C(=O)Nc2ccc(OC)cc2)c2ccccc21. The Labute approximate surface area is 164 Å². The van der Waals surface area contributed by atoms with E-state index in [2.05, 4.69) is 16.5 Å². The number of nitriles is 1. The van der Waals surface area contributed by atoms with Gasteiger partial charge < -0.3 is 14.6 Å². The molecular formula is C23H21N3O2. The van der Waals surface area contributed by atoms with Crippen LogP contribution in [0.2, 0.25) is 0 Å². The number of anilines is 1. The van der Waals surface area contributed by atoms with E-state index in [-0.39, 0.29) is 5.57 Å². The van der Waals surface area contributed by atoms with Gasteiger partial charge in [-0.3, -0.25) is 4.79 Å². The lowest BCUT2D eigenvalue weighted by molar-refractivity contribution is -0.112. The smallest absolute Gasteiger partial charge is 0.266 e. The molecule has 0 aliphatic heterocycles. The molecule has 5 heteroatoms. The number of benzene rings is 2. The molecule has 0 saturated heterocycles. The molecule has 1 N–H and O–H groups in total. The Kier molecular flexibility index (Phi) is 5.61. The van der Waals surface area contributed by atoms with Crippen LogP contribution in [-0.4, -0.2) is 17.6 Å². The second-order valence-electron chi connectivity index (χ2n) is 6.27. The molecule has 28 heavy (non-hydrogen) atoms. The number of fused-ring (bicyclic) bond motifs is 1. The normalized spacial score (nSPS) is 11.1. The number of carbonyl (C=O) groups excluding carboxylic acids is 1. The molecule has 5 nitrogen and oxygen atoms in total. The van der Waals surface area contributed by atoms with E-state index in [1.54, 1.807) is 37.5 Å². The van der Waals surface area contributed by atoms with Crippen LogP contribution in [0.3, 0.4) is 0 Å². The number of ether oxygens (including phenoxy) is 1. The van der Waals surface area contributed by atoms with Gasteiger partial charge in [0.1, 0.15) is 17.4 Å². The molecule has 0 spiro atoms. The Morgan fingerprint density at radius 2 is 1.96 bits per heavy atom. The fourth-order valence-electron chi connectivity index (χ4n) is 3.17. The van der Waals surface area contributed by atoms with Crippen LogP contribution in [0.1, 0.15) is 11.3 Å². The number of methoxy groups -OCH3 is 1. The number of nitrogens with zero attached hydrogens (tertiary/aromatic N) is 2. The van der Waals surface area contributed by atoms with Crippen LogP contribution < -0.4 is 10.1 Å². The summed E-state index contributed by atoms with van der Waals surface area (Å²) in [6.07, 6.45) is 3.48. The van der Waals surface area contributed by atoms with Gasteiger partial charge in [-0.2, -0.15) is 5.26 Å². The maximum atomic E-state index is 12.6. The number of hydrogen-bond acceptors (Lipinski definition) is 3. The first-order valence-corrected chi connectivity index (χ1v) is 8.85. The van der Waals surface area contributed by atoms with Gasteiger partial charge in [0, 0.05) is 34.4 Å². The van der Waals surface area contributed by atoms with Gasteiger partial charge in [0.25, 0.3) is 5.91 Å². The van der Waals surface area contributed by atoms with Crippen molar-refractivity contribution >= 4 is 28.6 Å². The summed E-state index contributed by atoms with van der Waals surface area (Å²) >= 11 is 0. The van der Waals surface area contributed by atoms with E-state index < -0.39 is 5.91 Å². The highest BCUT2D eigenvalue weighted by Crippen LogP contribution is 2.28. The predicted octanol–water partition coefficient (Wildman–Crippen LogP) is 4.69. The Hall–Kier alpha value is -3.78. The standard InChI is InChI=1S/C23H21N3O2/c1-4-13-26-16(2)21(20-7-5-6-8-22(20)26)14-17(15-24)23(27)25-18-9-11-19(28-3)12-10-18/h4-12,14H,1,13H2,2-3H3,(H,25,27). The molecule has 0 atom stereocenters. The molecule has 0 radical (unpaired) electrons. The minimum atomic E-state index is -0.451. The summed E-state index contributed by atoms with van der Waals surface area (Å²) in [7, 11) is 1.58. The summed E-state index contributed by atoms with van der Waals surface area (Å²) in [5.74, 6) is 0.243. The molecule has 1 heterocycles. The number of allylic oxidation sites excluding steroid dienone is 1. The maximum Gasteiger partial charge on any atom is 0.266 e. The number of carbonyl (C=O) groups is 1. The third-order valence-corrected chi connectivity index (χ3v) is 4.59. The van der Waals surface area contributed by atoms with E-state index in [1.807, 2.05) is 43.3 Å². The zero-order valence-electron chi connectivity index (χ0n) is 15.9. The highest BCUT2D eigenvalue weighted by molar-refractivity contribution is 6.11. The van der Waals surface area contributed by atoms with Crippen LogP contribution >= 0.6 is 0 Å². The van der Waals surface area contributed by atoms with Gasteiger partial charge in [0.2, 0.25) is 0 Å². The zero-order chi connectivity index (χ0) is 20.1. The second-order valence-corrected chi connectivity index (χ2v) is 6.27. The molecule has 0 aliphatic rings. The predicted molar refractivity (Wildman–Crippen MR) is 112 cm³/mol. The Morgan fingerprint density at radius 1 is 1.25 bits per heavy atom. The van der Waals surface area contributed by atoms with Gasteiger partial charge in [0.05, 0.1) is 7.11 Å². The largest absolute Gasteiger partial charge is 0.497 e. The van der Waals surface area contributed by atoms with E-state index in [9.17, 15) is 10.1 Å². The number of para-hydroxylation sites is 1. The van der Waals surface area contributed by atoms with Gasteiger partial charge >= 0.3 is 0 Å². The van der Waals surface area contributed by atoms with Gasteiger partial charge in [-0.1, -0.05) is 24.3 Å². The van der Waals surface area contributed by atoms with E-state index in [0.717, 1.165) is 22.2 Å². The Bertz CT molecular complexity index is 1100. The van der Waals surface area contributed by atoms with Crippen LogP contribution in [0.25, 0.3) is 17.0 Å². The first-order valence-electron chi connectivity index (χ1n) is 8.85. The molecule has 3 rings (SSSR count). The van der Waals surface area contributed by atoms with Crippen molar-refractivity contribution < 1.29 is 9.53 Å². The molecule has 0 unspecified atom stereocenters. The zero-order valence-corrected chi connectivity index (χ0v) is 15.9. The van der Waals surface area contributed by atoms with Crippen LogP contribution in [0.15, 0.2) is 66.8 Å². The fraction of sp³-hybridized carbons (Fsp3) is 0.130. The summed E-state index contributed by atoms with van der Waals surface area (Å²) in [5, 5.41) is 13.3. The van der Waals surface area contributed by atoms with Crippen molar-refractivity contribution in [3.63, 3.8) is 0 Å². The molecule has 140 valence electrons. The van der Waals surface area contributed by atoms with E-state index >= 15 is 0 Å². The molecule has 1 amide bonds. The summed E-state index contributed by atoms with van der Waals surface area (Å²) in [6, 6.07) is 16.9. The molecular weight excluding hydrogens is 350 g/mol. The maximum absolute atomic E-state index is 12.6. The van der Waals surface area contributed by atoms with Crippen LogP contribution in [0, 0.1) is 18.3 Å². The quantitative estimate of drug-likeness (QED) is 0.388. The average molecular weight is 371 g/mol. The first kappa shape index (κ1) is 19.0. The van der Waals surface area contributed by atoms with Crippen molar-refractivity contribution in [3.8, 4) is 11.8 Å². The van der Waals surface area contributed by atoms with Gasteiger partial charge in [-0.15, -0.1) is 6.58 Å². The number of aromatic nitrogens is 1. The van der Waals surface area contributed by atoms with Crippen molar-refractivity contribution in [3.05, 3.63) is 78.0 Å². The van der Waals surface area contributed by atoms with Crippen molar-refractivity contribution in [1.29, 1.82) is 5.26 Å². The molecule has 0 aliphatic carbocycles. The molecule has 2 aromatic carbocycles. The van der Waals surface area contributed by atoms with E-state index in [1.165, 1.54) is 0 Å². The Morgan fingerprint density at radius 3 is 2.61 bits per heavy atom. The molecule has 3 aromatic rings. The number of rotatable bonds is 6. The lowest BCUT2D eigenvalue weighted by Gasteiger charge is -2.06. The molecule has 1 aromatic heterocycles. The number of amides is 1. The molecule has 0 fully saturated rings. The topological polar surface area (TPSA) is 67.0 Å². The summed E-state index contributed by atoms with van der Waals surface area (Å²) in [6.45, 7) is 6.45. The lowest BCUT2D eigenvalue weighted by atomic mass is 10.1. The lowest BCUT2D eigenvalue weighted by Crippen LogP contribution is -2.13. The summed E-state index contributed by atoms with van der Waals surface area (Å²) < 4.78 is 7.23. The number of nitrogens with one attached hydrogen (secondary N) is 1. The minimum Gasteiger partial charge on any atom is -0.497 e. The van der Waals surface area contributed by atoms with Crippen LogP contribution in [-0.2, 0) is 11.3 Å². The highest BCUT2D eigenvalue weighted by Gasteiger charge is 2.15. The highest BCUT2D eigenvalue weighted by atomic mass is 16.5. The van der Waals surface area contributed by atoms with Crippen LogP contribution in [0.4, 0.5) is 5.69 Å². The fourth-order valence-corrected chi connectivity index (χ4v) is 3.17. The second kappa shape index (κ2) is 8.28. The third kappa shape index (κ3) is 3.67.